The van der Waals surface area contributed by atoms with E-state index >= 15 is 0 Å². The van der Waals surface area contributed by atoms with Gasteiger partial charge in [-0.1, -0.05) is 48.5 Å². The molecule has 6 heteroatoms. The van der Waals surface area contributed by atoms with Crippen LogP contribution in [0.25, 0.3) is 0 Å². The van der Waals surface area contributed by atoms with E-state index in [1.54, 1.807) is 22.9 Å². The molecule has 1 aromatic heterocycles. The zero-order valence-corrected chi connectivity index (χ0v) is 15.5. The number of aryl methyl sites for hydroxylation is 2. The van der Waals surface area contributed by atoms with E-state index in [9.17, 15) is 9.18 Å². The van der Waals surface area contributed by atoms with Gasteiger partial charge in [-0.25, -0.2) is 14.1 Å². The van der Waals surface area contributed by atoms with Crippen molar-refractivity contribution < 1.29 is 9.18 Å². The Balaban J connectivity index is 1.68. The van der Waals surface area contributed by atoms with Crippen molar-refractivity contribution in [2.75, 3.05) is 6.54 Å². The number of halogens is 1. The fourth-order valence-corrected chi connectivity index (χ4v) is 3.18. The zero-order chi connectivity index (χ0) is 19.2. The number of nitrogens with zero attached hydrogens (tertiary/aromatic N) is 3. The lowest BCUT2D eigenvalue weighted by Crippen LogP contribution is -2.29. The second-order valence-corrected chi connectivity index (χ2v) is 6.47. The number of carbonyl (C=O) groups is 1. The summed E-state index contributed by atoms with van der Waals surface area (Å²) in [6.07, 6.45) is 0.181. The van der Waals surface area contributed by atoms with E-state index in [0.29, 0.717) is 24.5 Å². The molecule has 0 spiro atoms. The molecule has 1 amide bonds. The van der Waals surface area contributed by atoms with E-state index in [1.165, 1.54) is 6.07 Å². The van der Waals surface area contributed by atoms with E-state index in [2.05, 4.69) is 15.4 Å². The number of benzene rings is 2. The standard InChI is InChI=1S/C21H23FN4O/c1-15-24-16(2)26(25-15)13-12-23-21(27)14-19(17-8-4-3-5-9-17)18-10-6-7-11-20(18)22/h3-11,19H,12-14H2,1-2H3,(H,23,27). The second kappa shape index (κ2) is 8.58. The molecule has 1 heterocycles. The molecule has 0 saturated heterocycles. The van der Waals surface area contributed by atoms with Gasteiger partial charge in [0.2, 0.25) is 5.91 Å². The summed E-state index contributed by atoms with van der Waals surface area (Å²) < 4.78 is 16.1. The summed E-state index contributed by atoms with van der Waals surface area (Å²) in [5.41, 5.74) is 1.45. The Morgan fingerprint density at radius 2 is 1.81 bits per heavy atom. The van der Waals surface area contributed by atoms with Gasteiger partial charge in [0.25, 0.3) is 0 Å². The van der Waals surface area contributed by atoms with Gasteiger partial charge in [0.1, 0.15) is 17.5 Å². The molecule has 27 heavy (non-hydrogen) atoms. The first-order chi connectivity index (χ1) is 13.0. The fraction of sp³-hybridized carbons (Fsp3) is 0.286. The molecule has 0 bridgehead atoms. The van der Waals surface area contributed by atoms with Crippen molar-refractivity contribution in [3.05, 3.63) is 83.2 Å². The highest BCUT2D eigenvalue weighted by molar-refractivity contribution is 5.77. The summed E-state index contributed by atoms with van der Waals surface area (Å²) in [4.78, 5) is 16.8. The predicted octanol–water partition coefficient (Wildman–Crippen LogP) is 3.37. The van der Waals surface area contributed by atoms with Crippen molar-refractivity contribution in [1.82, 2.24) is 20.1 Å². The third-order valence-corrected chi connectivity index (χ3v) is 4.48. The number of hydrogen-bond donors (Lipinski definition) is 1. The van der Waals surface area contributed by atoms with E-state index < -0.39 is 0 Å². The maximum atomic E-state index is 14.3. The molecule has 0 saturated carbocycles. The van der Waals surface area contributed by atoms with Gasteiger partial charge < -0.3 is 5.32 Å². The zero-order valence-electron chi connectivity index (χ0n) is 15.5. The van der Waals surface area contributed by atoms with Gasteiger partial charge >= 0.3 is 0 Å². The first-order valence-electron chi connectivity index (χ1n) is 8.98. The monoisotopic (exact) mass is 366 g/mol. The van der Waals surface area contributed by atoms with Gasteiger partial charge in [-0.05, 0) is 31.0 Å². The van der Waals surface area contributed by atoms with Crippen LogP contribution in [0.2, 0.25) is 0 Å². The molecule has 0 aliphatic carbocycles. The summed E-state index contributed by atoms with van der Waals surface area (Å²) in [5, 5.41) is 7.19. The minimum Gasteiger partial charge on any atom is -0.354 e. The van der Waals surface area contributed by atoms with Gasteiger partial charge in [0, 0.05) is 18.9 Å². The van der Waals surface area contributed by atoms with Crippen LogP contribution in [0.3, 0.4) is 0 Å². The van der Waals surface area contributed by atoms with E-state index in [4.69, 9.17) is 0 Å². The molecule has 0 radical (unpaired) electrons. The van der Waals surface area contributed by atoms with Gasteiger partial charge in [-0.3, -0.25) is 4.79 Å². The maximum Gasteiger partial charge on any atom is 0.221 e. The molecule has 0 aliphatic heterocycles. The molecule has 0 aliphatic rings. The number of carbonyl (C=O) groups excluding carboxylic acids is 1. The summed E-state index contributed by atoms with van der Waals surface area (Å²) in [6, 6.07) is 16.2. The van der Waals surface area contributed by atoms with E-state index in [-0.39, 0.29) is 24.1 Å². The first-order valence-corrected chi connectivity index (χ1v) is 8.98. The molecule has 3 aromatic rings. The summed E-state index contributed by atoms with van der Waals surface area (Å²) >= 11 is 0. The van der Waals surface area contributed by atoms with Gasteiger partial charge in [-0.15, -0.1) is 0 Å². The number of nitrogens with one attached hydrogen (secondary N) is 1. The Kier molecular flexibility index (Phi) is 5.96. The van der Waals surface area contributed by atoms with Crippen molar-refractivity contribution >= 4 is 5.91 Å². The molecule has 2 aromatic carbocycles. The highest BCUT2D eigenvalue weighted by Gasteiger charge is 2.21. The van der Waals surface area contributed by atoms with Crippen LogP contribution >= 0.6 is 0 Å². The lowest BCUT2D eigenvalue weighted by atomic mass is 9.88. The molecule has 1 N–H and O–H groups in total. The van der Waals surface area contributed by atoms with Crippen LogP contribution in [-0.4, -0.2) is 27.2 Å². The van der Waals surface area contributed by atoms with Crippen molar-refractivity contribution in [3.8, 4) is 0 Å². The fourth-order valence-electron chi connectivity index (χ4n) is 3.18. The Morgan fingerprint density at radius 1 is 1.11 bits per heavy atom. The van der Waals surface area contributed by atoms with Crippen molar-refractivity contribution in [2.45, 2.75) is 32.7 Å². The molecule has 140 valence electrons. The van der Waals surface area contributed by atoms with Crippen LogP contribution in [-0.2, 0) is 11.3 Å². The molecule has 0 fully saturated rings. The third-order valence-electron chi connectivity index (χ3n) is 4.48. The lowest BCUT2D eigenvalue weighted by molar-refractivity contribution is -0.121. The normalized spacial score (nSPS) is 12.0. The SMILES string of the molecule is Cc1nc(C)n(CCNC(=O)CC(c2ccccc2)c2ccccc2F)n1. The first kappa shape index (κ1) is 18.8. The highest BCUT2D eigenvalue weighted by atomic mass is 19.1. The molecule has 1 unspecified atom stereocenters. The van der Waals surface area contributed by atoms with Crippen molar-refractivity contribution in [3.63, 3.8) is 0 Å². The van der Waals surface area contributed by atoms with Gasteiger partial charge in [-0.2, -0.15) is 5.10 Å². The quantitative estimate of drug-likeness (QED) is 0.697. The Bertz CT molecular complexity index is 908. The van der Waals surface area contributed by atoms with Crippen LogP contribution in [0.15, 0.2) is 54.6 Å². The van der Waals surface area contributed by atoms with E-state index in [1.807, 2.05) is 44.2 Å². The van der Waals surface area contributed by atoms with Gasteiger partial charge in [0.05, 0.1) is 6.54 Å². The number of rotatable bonds is 7. The lowest BCUT2D eigenvalue weighted by Gasteiger charge is -2.18. The smallest absolute Gasteiger partial charge is 0.221 e. The minimum absolute atomic E-state index is 0.124. The number of amides is 1. The Morgan fingerprint density at radius 3 is 2.48 bits per heavy atom. The third kappa shape index (κ3) is 4.78. The molecule has 5 nitrogen and oxygen atoms in total. The summed E-state index contributed by atoms with van der Waals surface area (Å²) in [7, 11) is 0. The minimum atomic E-state index is -0.331. The molecular weight excluding hydrogens is 343 g/mol. The summed E-state index contributed by atoms with van der Waals surface area (Å²) in [6.45, 7) is 4.71. The maximum absolute atomic E-state index is 14.3. The second-order valence-electron chi connectivity index (χ2n) is 6.47. The number of aromatic nitrogens is 3. The van der Waals surface area contributed by atoms with Crippen LogP contribution in [0, 0.1) is 19.7 Å². The molecule has 1 atom stereocenters. The van der Waals surface area contributed by atoms with E-state index in [0.717, 1.165) is 11.4 Å². The predicted molar refractivity (Wildman–Crippen MR) is 102 cm³/mol. The summed E-state index contributed by atoms with van der Waals surface area (Å²) in [5.74, 6) is 0.773. The van der Waals surface area contributed by atoms with Crippen LogP contribution in [0.5, 0.6) is 0 Å². The molecule has 3 rings (SSSR count). The highest BCUT2D eigenvalue weighted by Crippen LogP contribution is 2.29. The average Bonchev–Trinajstić information content (AvgIpc) is 2.98. The van der Waals surface area contributed by atoms with Crippen LogP contribution in [0.4, 0.5) is 4.39 Å². The van der Waals surface area contributed by atoms with Gasteiger partial charge in [0.15, 0.2) is 0 Å². The van der Waals surface area contributed by atoms with Crippen LogP contribution in [0.1, 0.15) is 35.1 Å². The van der Waals surface area contributed by atoms with Crippen molar-refractivity contribution in [1.29, 1.82) is 0 Å². The molecular formula is C21H23FN4O. The largest absolute Gasteiger partial charge is 0.354 e. The topological polar surface area (TPSA) is 59.8 Å². The Hall–Kier alpha value is -3.02. The Labute approximate surface area is 158 Å². The van der Waals surface area contributed by atoms with Crippen molar-refractivity contribution in [2.24, 2.45) is 0 Å². The average molecular weight is 366 g/mol. The van der Waals surface area contributed by atoms with Crippen LogP contribution < -0.4 is 5.32 Å². The number of hydrogen-bond acceptors (Lipinski definition) is 3.